The van der Waals surface area contributed by atoms with E-state index >= 15 is 0 Å². The van der Waals surface area contributed by atoms with Crippen molar-refractivity contribution in [2.24, 2.45) is 0 Å². The van der Waals surface area contributed by atoms with Gasteiger partial charge in [-0.2, -0.15) is 8.78 Å². The highest BCUT2D eigenvalue weighted by atomic mass is 32.2. The van der Waals surface area contributed by atoms with Gasteiger partial charge in [0.2, 0.25) is 0 Å². The quantitative estimate of drug-likeness (QED) is 0.720. The van der Waals surface area contributed by atoms with E-state index in [1.165, 1.54) is 12.1 Å². The van der Waals surface area contributed by atoms with Crippen LogP contribution in [0, 0.1) is 0 Å². The maximum Gasteiger partial charge on any atom is 0.387 e. The van der Waals surface area contributed by atoms with Gasteiger partial charge in [-0.05, 0) is 24.1 Å². The van der Waals surface area contributed by atoms with Crippen LogP contribution in [-0.4, -0.2) is 44.0 Å². The number of sulfone groups is 1. The first-order valence-corrected chi connectivity index (χ1v) is 8.81. The number of hydrogen-bond donors (Lipinski definition) is 0. The van der Waals surface area contributed by atoms with Crippen molar-refractivity contribution in [3.8, 4) is 5.75 Å². The van der Waals surface area contributed by atoms with Gasteiger partial charge in [-0.25, -0.2) is 8.42 Å². The molecule has 0 N–H and O–H groups in total. The van der Waals surface area contributed by atoms with Crippen LogP contribution in [-0.2, 0) is 16.4 Å². The number of benzene rings is 1. The molecule has 0 amide bonds. The first-order valence-electron chi connectivity index (χ1n) is 6.99. The molecule has 7 heteroatoms. The Kier molecular flexibility index (Phi) is 5.52. The summed E-state index contributed by atoms with van der Waals surface area (Å²) >= 11 is 0. The first kappa shape index (κ1) is 16.9. The zero-order valence-corrected chi connectivity index (χ0v) is 12.9. The van der Waals surface area contributed by atoms with Crippen molar-refractivity contribution in [1.29, 1.82) is 0 Å². The van der Waals surface area contributed by atoms with E-state index in [2.05, 4.69) is 11.3 Å². The van der Waals surface area contributed by atoms with Crippen LogP contribution in [0.3, 0.4) is 0 Å². The Labute approximate surface area is 129 Å². The summed E-state index contributed by atoms with van der Waals surface area (Å²) in [5.41, 5.74) is 0.910. The Morgan fingerprint density at radius 1 is 1.36 bits per heavy atom. The molecule has 1 aliphatic heterocycles. The van der Waals surface area contributed by atoms with Crippen molar-refractivity contribution in [2.75, 3.05) is 18.1 Å². The molecule has 1 aromatic carbocycles. The van der Waals surface area contributed by atoms with Crippen LogP contribution in [0.4, 0.5) is 8.78 Å². The van der Waals surface area contributed by atoms with E-state index in [4.69, 9.17) is 0 Å². The first-order chi connectivity index (χ1) is 10.4. The summed E-state index contributed by atoms with van der Waals surface area (Å²) in [5, 5.41) is 0. The van der Waals surface area contributed by atoms with E-state index in [0.29, 0.717) is 19.5 Å². The molecule has 1 aliphatic rings. The fourth-order valence-electron chi connectivity index (χ4n) is 2.58. The zero-order chi connectivity index (χ0) is 16.2. The van der Waals surface area contributed by atoms with Gasteiger partial charge in [0, 0.05) is 19.1 Å². The Hall–Kier alpha value is -1.47. The third kappa shape index (κ3) is 4.78. The molecule has 1 aromatic rings. The maximum absolute atomic E-state index is 12.1. The third-order valence-electron chi connectivity index (χ3n) is 3.62. The molecule has 0 radical (unpaired) electrons. The predicted octanol–water partition coefficient (Wildman–Crippen LogP) is 2.46. The van der Waals surface area contributed by atoms with Crippen LogP contribution in [0.15, 0.2) is 36.9 Å². The molecule has 2 rings (SSSR count). The molecule has 0 unspecified atom stereocenters. The molecular formula is C15H19F2NO3S. The van der Waals surface area contributed by atoms with Gasteiger partial charge in [0.25, 0.3) is 0 Å². The number of ether oxygens (including phenoxy) is 1. The van der Waals surface area contributed by atoms with Crippen molar-refractivity contribution >= 4 is 9.84 Å². The van der Waals surface area contributed by atoms with Gasteiger partial charge in [-0.1, -0.05) is 18.2 Å². The lowest BCUT2D eigenvalue weighted by molar-refractivity contribution is -0.0498. The molecule has 0 spiro atoms. The molecular weight excluding hydrogens is 312 g/mol. The molecule has 22 heavy (non-hydrogen) atoms. The van der Waals surface area contributed by atoms with E-state index in [9.17, 15) is 17.2 Å². The maximum atomic E-state index is 12.1. The Morgan fingerprint density at radius 2 is 2.05 bits per heavy atom. The Morgan fingerprint density at radius 3 is 2.55 bits per heavy atom. The minimum absolute atomic E-state index is 0.0278. The highest BCUT2D eigenvalue weighted by Crippen LogP contribution is 2.21. The summed E-state index contributed by atoms with van der Waals surface area (Å²) in [4.78, 5) is 2.04. The smallest absolute Gasteiger partial charge is 0.387 e. The van der Waals surface area contributed by atoms with Crippen LogP contribution in [0.2, 0.25) is 0 Å². The van der Waals surface area contributed by atoms with Crippen molar-refractivity contribution < 1.29 is 21.9 Å². The van der Waals surface area contributed by atoms with Gasteiger partial charge < -0.3 is 4.74 Å². The van der Waals surface area contributed by atoms with E-state index in [-0.39, 0.29) is 23.3 Å². The Bertz CT molecular complexity index is 602. The average molecular weight is 331 g/mol. The van der Waals surface area contributed by atoms with Crippen LogP contribution in [0.25, 0.3) is 0 Å². The molecule has 122 valence electrons. The van der Waals surface area contributed by atoms with Crippen molar-refractivity contribution in [3.63, 3.8) is 0 Å². The van der Waals surface area contributed by atoms with Gasteiger partial charge >= 0.3 is 6.61 Å². The second-order valence-corrected chi connectivity index (χ2v) is 7.53. The summed E-state index contributed by atoms with van der Waals surface area (Å²) in [7, 11) is -2.95. The molecule has 1 heterocycles. The van der Waals surface area contributed by atoms with Crippen LogP contribution >= 0.6 is 0 Å². The Balaban J connectivity index is 2.03. The third-order valence-corrected chi connectivity index (χ3v) is 5.37. The highest BCUT2D eigenvalue weighted by molar-refractivity contribution is 7.91. The number of nitrogens with zero attached hydrogens (tertiary/aromatic N) is 1. The lowest BCUT2D eigenvalue weighted by Crippen LogP contribution is -2.35. The number of alkyl halides is 2. The summed E-state index contributed by atoms with van der Waals surface area (Å²) in [6.45, 7) is 1.98. The predicted molar refractivity (Wildman–Crippen MR) is 80.7 cm³/mol. The molecule has 1 atom stereocenters. The highest BCUT2D eigenvalue weighted by Gasteiger charge is 2.31. The lowest BCUT2D eigenvalue weighted by atomic mass is 10.1. The fraction of sp³-hybridized carbons (Fsp3) is 0.467. The molecule has 0 aromatic heterocycles. The lowest BCUT2D eigenvalue weighted by Gasteiger charge is -2.26. The number of halogens is 2. The van der Waals surface area contributed by atoms with Crippen LogP contribution in [0.5, 0.6) is 5.75 Å². The molecule has 0 bridgehead atoms. The zero-order valence-electron chi connectivity index (χ0n) is 12.1. The second-order valence-electron chi connectivity index (χ2n) is 5.30. The van der Waals surface area contributed by atoms with Gasteiger partial charge in [0.05, 0.1) is 11.5 Å². The van der Waals surface area contributed by atoms with E-state index in [1.807, 2.05) is 4.90 Å². The van der Waals surface area contributed by atoms with Gasteiger partial charge in [-0.3, -0.25) is 4.90 Å². The van der Waals surface area contributed by atoms with Gasteiger partial charge in [0.1, 0.15) is 5.75 Å². The standard InChI is InChI=1S/C15H19F2NO3S/c1-2-8-18(13-7-9-22(19,20)11-13)10-12-3-5-14(6-4-12)21-15(16)17/h2-6,13,15H,1,7-11H2/t13-/m1/s1. The van der Waals surface area contributed by atoms with Gasteiger partial charge in [0.15, 0.2) is 9.84 Å². The van der Waals surface area contributed by atoms with E-state index in [1.54, 1.807) is 18.2 Å². The van der Waals surface area contributed by atoms with Crippen LogP contribution in [0.1, 0.15) is 12.0 Å². The van der Waals surface area contributed by atoms with Crippen LogP contribution < -0.4 is 4.74 Å². The summed E-state index contributed by atoms with van der Waals surface area (Å²) in [6, 6.07) is 6.35. The molecule has 4 nitrogen and oxygen atoms in total. The van der Waals surface area contributed by atoms with Crippen molar-refractivity contribution in [1.82, 2.24) is 4.90 Å². The monoisotopic (exact) mass is 331 g/mol. The number of hydrogen-bond acceptors (Lipinski definition) is 4. The van der Waals surface area contributed by atoms with E-state index in [0.717, 1.165) is 5.56 Å². The average Bonchev–Trinajstić information content (AvgIpc) is 2.80. The molecule has 1 fully saturated rings. The topological polar surface area (TPSA) is 46.6 Å². The molecule has 0 aliphatic carbocycles. The van der Waals surface area contributed by atoms with Crippen molar-refractivity contribution in [3.05, 3.63) is 42.5 Å². The largest absolute Gasteiger partial charge is 0.435 e. The van der Waals surface area contributed by atoms with Crippen molar-refractivity contribution in [2.45, 2.75) is 25.6 Å². The van der Waals surface area contributed by atoms with Gasteiger partial charge in [-0.15, -0.1) is 6.58 Å². The normalized spacial score (nSPS) is 20.5. The van der Waals surface area contributed by atoms with E-state index < -0.39 is 16.4 Å². The number of rotatable bonds is 7. The SMILES string of the molecule is C=CCN(Cc1ccc(OC(F)F)cc1)[C@@H]1CCS(=O)(=O)C1. The summed E-state index contributed by atoms with van der Waals surface area (Å²) < 4.78 is 51.7. The molecule has 1 saturated heterocycles. The molecule has 0 saturated carbocycles. The second kappa shape index (κ2) is 7.19. The fourth-order valence-corrected chi connectivity index (χ4v) is 4.34. The summed E-state index contributed by atoms with van der Waals surface area (Å²) in [6.07, 6.45) is 2.35. The summed E-state index contributed by atoms with van der Waals surface area (Å²) in [5.74, 6) is 0.484. The minimum Gasteiger partial charge on any atom is -0.435 e. The minimum atomic E-state index is -2.95.